The van der Waals surface area contributed by atoms with E-state index in [0.29, 0.717) is 6.42 Å². The molecule has 0 unspecified atom stereocenters. The van der Waals surface area contributed by atoms with Crippen molar-refractivity contribution < 1.29 is 4.39 Å². The molecular weight excluding hydrogens is 163 g/mol. The van der Waals surface area contributed by atoms with Gasteiger partial charge < -0.3 is 5.32 Å². The van der Waals surface area contributed by atoms with Crippen molar-refractivity contribution in [2.75, 3.05) is 13.2 Å². The maximum atomic E-state index is 11.6. The first-order valence-corrected chi connectivity index (χ1v) is 4.45. The van der Waals surface area contributed by atoms with E-state index in [4.69, 9.17) is 0 Å². The minimum absolute atomic E-state index is 0.240. The van der Waals surface area contributed by atoms with Gasteiger partial charge in [-0.1, -0.05) is 0 Å². The zero-order valence-electron chi connectivity index (χ0n) is 6.22. The largest absolute Gasteiger partial charge is 0.312 e. The van der Waals surface area contributed by atoms with Crippen LogP contribution in [0.3, 0.4) is 0 Å². The summed E-state index contributed by atoms with van der Waals surface area (Å²) >= 11 is 1.61. The molecule has 2 nitrogen and oxygen atoms in total. The highest BCUT2D eigenvalue weighted by Gasteiger charge is 1.92. The van der Waals surface area contributed by atoms with Crippen LogP contribution >= 0.6 is 11.3 Å². The highest BCUT2D eigenvalue weighted by molar-refractivity contribution is 7.09. The molecule has 1 rings (SSSR count). The third kappa shape index (κ3) is 3.43. The molecule has 0 amide bonds. The number of nitrogens with one attached hydrogen (secondary N) is 1. The summed E-state index contributed by atoms with van der Waals surface area (Å²) in [5.74, 6) is 0. The van der Waals surface area contributed by atoms with Crippen LogP contribution in [0.5, 0.6) is 0 Å². The quantitative estimate of drug-likeness (QED) is 0.686. The van der Waals surface area contributed by atoms with Crippen LogP contribution in [-0.4, -0.2) is 18.2 Å². The number of halogens is 1. The molecular formula is C7H11FN2S. The Kier molecular flexibility index (Phi) is 4.08. The maximum Gasteiger partial charge on any atom is 0.0906 e. The third-order valence-corrected chi connectivity index (χ3v) is 2.05. The molecule has 0 bridgehead atoms. The Morgan fingerprint density at radius 2 is 2.55 bits per heavy atom. The lowest BCUT2D eigenvalue weighted by atomic mass is 10.4. The first-order valence-electron chi connectivity index (χ1n) is 3.57. The van der Waals surface area contributed by atoms with E-state index in [1.165, 1.54) is 4.88 Å². The van der Waals surface area contributed by atoms with Gasteiger partial charge in [0.15, 0.2) is 0 Å². The minimum Gasteiger partial charge on any atom is -0.312 e. The summed E-state index contributed by atoms with van der Waals surface area (Å²) in [6.07, 6.45) is 2.42. The summed E-state index contributed by atoms with van der Waals surface area (Å²) in [5, 5.41) is 3.12. The number of hydrogen-bond acceptors (Lipinski definition) is 3. The Hall–Kier alpha value is -0.480. The van der Waals surface area contributed by atoms with Gasteiger partial charge in [0.05, 0.1) is 12.2 Å². The number of aromatic nitrogens is 1. The van der Waals surface area contributed by atoms with E-state index in [0.717, 1.165) is 13.1 Å². The average Bonchev–Trinajstić information content (AvgIpc) is 2.50. The van der Waals surface area contributed by atoms with Gasteiger partial charge in [0.25, 0.3) is 0 Å². The van der Waals surface area contributed by atoms with E-state index in [1.807, 2.05) is 6.20 Å². The van der Waals surface area contributed by atoms with Gasteiger partial charge in [-0.2, -0.15) is 0 Å². The van der Waals surface area contributed by atoms with E-state index in [2.05, 4.69) is 10.3 Å². The third-order valence-electron chi connectivity index (χ3n) is 1.27. The summed E-state index contributed by atoms with van der Waals surface area (Å²) in [7, 11) is 0. The van der Waals surface area contributed by atoms with Crippen molar-refractivity contribution in [1.29, 1.82) is 0 Å². The molecule has 0 radical (unpaired) electrons. The lowest BCUT2D eigenvalue weighted by Crippen LogP contribution is -2.14. The van der Waals surface area contributed by atoms with Crippen molar-refractivity contribution >= 4 is 11.3 Å². The zero-order chi connectivity index (χ0) is 7.94. The lowest BCUT2D eigenvalue weighted by Gasteiger charge is -1.98. The second kappa shape index (κ2) is 5.21. The van der Waals surface area contributed by atoms with Crippen molar-refractivity contribution in [3.05, 3.63) is 16.6 Å². The van der Waals surface area contributed by atoms with E-state index in [9.17, 15) is 4.39 Å². The van der Waals surface area contributed by atoms with E-state index < -0.39 is 0 Å². The molecule has 0 atom stereocenters. The monoisotopic (exact) mass is 174 g/mol. The van der Waals surface area contributed by atoms with Crippen LogP contribution in [0.25, 0.3) is 0 Å². The standard InChI is InChI=1S/C7H11FN2S/c8-2-1-3-9-4-7-5-10-6-11-7/h5-6,9H,1-4H2. The minimum atomic E-state index is -0.240. The summed E-state index contributed by atoms with van der Waals surface area (Å²) in [4.78, 5) is 5.12. The fourth-order valence-corrected chi connectivity index (χ4v) is 1.30. The first kappa shape index (κ1) is 8.62. The van der Waals surface area contributed by atoms with Gasteiger partial charge in [-0.25, -0.2) is 0 Å². The van der Waals surface area contributed by atoms with Gasteiger partial charge in [-0.15, -0.1) is 11.3 Å². The Morgan fingerprint density at radius 1 is 1.64 bits per heavy atom. The molecule has 0 aromatic carbocycles. The van der Waals surface area contributed by atoms with Gasteiger partial charge in [-0.3, -0.25) is 9.37 Å². The summed E-state index contributed by atoms with van der Waals surface area (Å²) in [5.41, 5.74) is 1.80. The molecule has 0 saturated heterocycles. The van der Waals surface area contributed by atoms with Crippen molar-refractivity contribution in [2.45, 2.75) is 13.0 Å². The Morgan fingerprint density at radius 3 is 3.18 bits per heavy atom. The molecule has 0 fully saturated rings. The smallest absolute Gasteiger partial charge is 0.0906 e. The van der Waals surface area contributed by atoms with Crippen molar-refractivity contribution in [2.24, 2.45) is 0 Å². The highest BCUT2D eigenvalue weighted by atomic mass is 32.1. The predicted molar refractivity (Wildman–Crippen MR) is 44.4 cm³/mol. The summed E-state index contributed by atoms with van der Waals surface area (Å²) < 4.78 is 11.6. The molecule has 0 spiro atoms. The number of hydrogen-bond donors (Lipinski definition) is 1. The highest BCUT2D eigenvalue weighted by Crippen LogP contribution is 2.03. The van der Waals surface area contributed by atoms with Crippen LogP contribution in [-0.2, 0) is 6.54 Å². The topological polar surface area (TPSA) is 24.9 Å². The molecule has 62 valence electrons. The molecule has 4 heteroatoms. The van der Waals surface area contributed by atoms with Gasteiger partial charge in [0.1, 0.15) is 0 Å². The number of nitrogens with zero attached hydrogens (tertiary/aromatic N) is 1. The molecule has 1 N–H and O–H groups in total. The molecule has 11 heavy (non-hydrogen) atoms. The average molecular weight is 174 g/mol. The molecule has 1 heterocycles. The fourth-order valence-electron chi connectivity index (χ4n) is 0.733. The first-order chi connectivity index (χ1) is 5.43. The van der Waals surface area contributed by atoms with Gasteiger partial charge in [-0.05, 0) is 13.0 Å². The van der Waals surface area contributed by atoms with Gasteiger partial charge in [0, 0.05) is 17.6 Å². The van der Waals surface area contributed by atoms with Crippen molar-refractivity contribution in [3.63, 3.8) is 0 Å². The van der Waals surface area contributed by atoms with E-state index in [-0.39, 0.29) is 6.67 Å². The second-order valence-corrected chi connectivity index (χ2v) is 3.16. The summed E-state index contributed by atoms with van der Waals surface area (Å²) in [6, 6.07) is 0. The van der Waals surface area contributed by atoms with Crippen LogP contribution in [0.15, 0.2) is 11.7 Å². The van der Waals surface area contributed by atoms with Crippen molar-refractivity contribution in [3.8, 4) is 0 Å². The number of thiazole rings is 1. The van der Waals surface area contributed by atoms with Crippen LogP contribution in [0.1, 0.15) is 11.3 Å². The number of rotatable bonds is 5. The Bertz CT molecular complexity index is 177. The molecule has 0 saturated carbocycles. The molecule has 1 aromatic rings. The molecule has 0 aliphatic carbocycles. The molecule has 0 aliphatic rings. The van der Waals surface area contributed by atoms with Gasteiger partial charge >= 0.3 is 0 Å². The van der Waals surface area contributed by atoms with E-state index >= 15 is 0 Å². The van der Waals surface area contributed by atoms with Crippen molar-refractivity contribution in [1.82, 2.24) is 10.3 Å². The lowest BCUT2D eigenvalue weighted by molar-refractivity contribution is 0.459. The SMILES string of the molecule is FCCCNCc1cncs1. The van der Waals surface area contributed by atoms with E-state index in [1.54, 1.807) is 16.8 Å². The maximum absolute atomic E-state index is 11.6. The normalized spacial score (nSPS) is 10.3. The number of alkyl halides is 1. The Labute approximate surface area is 69.5 Å². The molecule has 1 aromatic heterocycles. The zero-order valence-corrected chi connectivity index (χ0v) is 7.03. The predicted octanol–water partition coefficient (Wildman–Crippen LogP) is 1.59. The summed E-state index contributed by atoms with van der Waals surface area (Å²) in [6.45, 7) is 1.31. The molecule has 0 aliphatic heterocycles. The fraction of sp³-hybridized carbons (Fsp3) is 0.571. The van der Waals surface area contributed by atoms with Crippen LogP contribution < -0.4 is 5.32 Å². The Balaban J connectivity index is 2.04. The van der Waals surface area contributed by atoms with Crippen LogP contribution in [0.4, 0.5) is 4.39 Å². The van der Waals surface area contributed by atoms with Crippen LogP contribution in [0, 0.1) is 0 Å². The van der Waals surface area contributed by atoms with Gasteiger partial charge in [0.2, 0.25) is 0 Å². The second-order valence-electron chi connectivity index (χ2n) is 2.19. The van der Waals surface area contributed by atoms with Crippen LogP contribution in [0.2, 0.25) is 0 Å².